The Kier molecular flexibility index (Phi) is 3.17. The molecule has 0 aliphatic carbocycles. The fourth-order valence-electron chi connectivity index (χ4n) is 0.730. The Hall–Kier alpha value is -2.20. The fraction of sp³-hybridized carbons (Fsp3) is 0.111. The monoisotopic (exact) mass is 170 g/mol. The van der Waals surface area contributed by atoms with Crippen molar-refractivity contribution in [1.82, 2.24) is 9.97 Å². The van der Waals surface area contributed by atoms with E-state index in [1.807, 2.05) is 12.1 Å². The molecule has 1 aromatic heterocycles. The molecule has 0 aromatic carbocycles. The molecule has 1 aromatic rings. The summed E-state index contributed by atoms with van der Waals surface area (Å²) in [5.74, 6) is 0.150. The van der Waals surface area contributed by atoms with Gasteiger partial charge in [0.1, 0.15) is 6.07 Å². The van der Waals surface area contributed by atoms with Gasteiger partial charge in [-0.2, -0.15) is 10.5 Å². The number of hydrogen-bond acceptors (Lipinski definition) is 4. The van der Waals surface area contributed by atoms with Crippen molar-refractivity contribution < 1.29 is 0 Å². The summed E-state index contributed by atoms with van der Waals surface area (Å²) < 4.78 is 0. The molecule has 0 spiro atoms. The fourth-order valence-corrected chi connectivity index (χ4v) is 0.730. The van der Waals surface area contributed by atoms with Crippen LogP contribution in [-0.2, 0) is 0 Å². The summed E-state index contributed by atoms with van der Waals surface area (Å²) in [5.41, 5.74) is 0.786. The van der Waals surface area contributed by atoms with Crippen LogP contribution in [0.5, 0.6) is 0 Å². The largest absolute Gasteiger partial charge is 0.232 e. The van der Waals surface area contributed by atoms with E-state index in [-0.39, 0.29) is 5.82 Å². The molecule has 0 saturated carbocycles. The van der Waals surface area contributed by atoms with Gasteiger partial charge >= 0.3 is 0 Å². The summed E-state index contributed by atoms with van der Waals surface area (Å²) in [4.78, 5) is 7.54. The van der Waals surface area contributed by atoms with E-state index in [9.17, 15) is 0 Å². The molecule has 1 rings (SSSR count). The molecule has 0 fully saturated rings. The second-order valence-corrected chi connectivity index (χ2v) is 2.22. The van der Waals surface area contributed by atoms with Gasteiger partial charge in [-0.25, -0.2) is 9.97 Å². The second-order valence-electron chi connectivity index (χ2n) is 2.22. The third kappa shape index (κ3) is 2.72. The van der Waals surface area contributed by atoms with E-state index in [4.69, 9.17) is 10.5 Å². The van der Waals surface area contributed by atoms with Gasteiger partial charge in [0.25, 0.3) is 0 Å². The molecule has 0 aliphatic rings. The van der Waals surface area contributed by atoms with E-state index in [0.717, 1.165) is 5.56 Å². The van der Waals surface area contributed by atoms with Crippen molar-refractivity contribution in [3.8, 4) is 12.1 Å². The van der Waals surface area contributed by atoms with Crippen LogP contribution in [0, 0.1) is 22.7 Å². The van der Waals surface area contributed by atoms with Gasteiger partial charge in [0.05, 0.1) is 12.5 Å². The van der Waals surface area contributed by atoms with E-state index in [1.165, 1.54) is 0 Å². The van der Waals surface area contributed by atoms with Crippen molar-refractivity contribution in [1.29, 1.82) is 10.5 Å². The number of nitrogens with zero attached hydrogens (tertiary/aromatic N) is 4. The minimum Gasteiger partial charge on any atom is -0.227 e. The van der Waals surface area contributed by atoms with Crippen molar-refractivity contribution in [3.05, 3.63) is 29.9 Å². The summed E-state index contributed by atoms with van der Waals surface area (Å²) in [7, 11) is 0. The summed E-state index contributed by atoms with van der Waals surface area (Å²) in [6.07, 6.45) is 6.90. The molecule has 62 valence electrons. The molecule has 0 radical (unpaired) electrons. The van der Waals surface area contributed by atoms with Crippen LogP contribution in [0.1, 0.15) is 17.8 Å². The van der Waals surface area contributed by atoms with Gasteiger partial charge in [0, 0.05) is 18.0 Å². The molecule has 0 saturated heterocycles. The van der Waals surface area contributed by atoms with E-state index in [2.05, 4.69) is 9.97 Å². The number of nitriles is 2. The van der Waals surface area contributed by atoms with Crippen LogP contribution >= 0.6 is 0 Å². The number of hydrogen-bond donors (Lipinski definition) is 0. The van der Waals surface area contributed by atoms with Crippen LogP contribution < -0.4 is 0 Å². The molecule has 4 nitrogen and oxygen atoms in total. The van der Waals surface area contributed by atoms with Crippen LogP contribution in [0.2, 0.25) is 0 Å². The Balaban J connectivity index is 2.72. The van der Waals surface area contributed by atoms with Crippen LogP contribution in [0.4, 0.5) is 0 Å². The van der Waals surface area contributed by atoms with Crippen LogP contribution in [0.3, 0.4) is 0 Å². The van der Waals surface area contributed by atoms with Crippen molar-refractivity contribution in [2.24, 2.45) is 0 Å². The molecular formula is C9H6N4. The zero-order valence-corrected chi connectivity index (χ0v) is 6.81. The molecule has 0 atom stereocenters. The zero-order chi connectivity index (χ0) is 9.52. The highest BCUT2D eigenvalue weighted by molar-refractivity contribution is 5.46. The lowest BCUT2D eigenvalue weighted by molar-refractivity contribution is 1.11. The van der Waals surface area contributed by atoms with E-state index < -0.39 is 0 Å². The van der Waals surface area contributed by atoms with Gasteiger partial charge in [-0.15, -0.1) is 0 Å². The van der Waals surface area contributed by atoms with Crippen molar-refractivity contribution in [2.45, 2.75) is 6.42 Å². The summed E-state index contributed by atoms with van der Waals surface area (Å²) >= 11 is 0. The summed E-state index contributed by atoms with van der Waals surface area (Å²) in [6.45, 7) is 0. The Morgan fingerprint density at radius 3 is 2.54 bits per heavy atom. The maximum atomic E-state index is 8.41. The number of allylic oxidation sites excluding steroid dienone is 1. The van der Waals surface area contributed by atoms with Crippen molar-refractivity contribution in [3.63, 3.8) is 0 Å². The van der Waals surface area contributed by atoms with Gasteiger partial charge in [0.15, 0.2) is 0 Å². The van der Waals surface area contributed by atoms with E-state index >= 15 is 0 Å². The first kappa shape index (κ1) is 8.89. The lowest BCUT2D eigenvalue weighted by atomic mass is 10.3. The highest BCUT2D eigenvalue weighted by atomic mass is 14.9. The normalized spacial score (nSPS) is 9.38. The maximum Gasteiger partial charge on any atom is 0.232 e. The van der Waals surface area contributed by atoms with Gasteiger partial charge in [-0.1, -0.05) is 12.2 Å². The zero-order valence-electron chi connectivity index (χ0n) is 6.81. The molecule has 13 heavy (non-hydrogen) atoms. The van der Waals surface area contributed by atoms with Crippen molar-refractivity contribution in [2.75, 3.05) is 0 Å². The molecule has 0 aliphatic heterocycles. The Labute approximate surface area is 75.8 Å². The Morgan fingerprint density at radius 2 is 2.00 bits per heavy atom. The third-order valence-electron chi connectivity index (χ3n) is 1.29. The van der Waals surface area contributed by atoms with Gasteiger partial charge < -0.3 is 0 Å². The van der Waals surface area contributed by atoms with Gasteiger partial charge in [0.2, 0.25) is 5.82 Å². The Bertz CT molecular complexity index is 378. The SMILES string of the molecule is N#CCC=Cc1cnc(C#N)nc1. The third-order valence-corrected chi connectivity index (χ3v) is 1.29. The van der Waals surface area contributed by atoms with Crippen LogP contribution in [-0.4, -0.2) is 9.97 Å². The van der Waals surface area contributed by atoms with Crippen LogP contribution in [0.25, 0.3) is 6.08 Å². The van der Waals surface area contributed by atoms with E-state index in [1.54, 1.807) is 24.5 Å². The molecule has 1 heterocycles. The summed E-state index contributed by atoms with van der Waals surface area (Å²) in [6, 6.07) is 3.80. The minimum absolute atomic E-state index is 0.150. The van der Waals surface area contributed by atoms with E-state index in [0.29, 0.717) is 6.42 Å². The molecule has 0 N–H and O–H groups in total. The number of aromatic nitrogens is 2. The average molecular weight is 170 g/mol. The molecular weight excluding hydrogens is 164 g/mol. The first-order valence-electron chi connectivity index (χ1n) is 3.62. The topological polar surface area (TPSA) is 73.4 Å². The smallest absolute Gasteiger partial charge is 0.227 e. The standard InChI is InChI=1S/C9H6N4/c10-4-2-1-3-8-6-12-9(5-11)13-7-8/h1,3,6-7H,2H2. The highest BCUT2D eigenvalue weighted by Gasteiger charge is 1.91. The molecule has 4 heteroatoms. The lowest BCUT2D eigenvalue weighted by Gasteiger charge is -1.89. The number of rotatable bonds is 2. The average Bonchev–Trinajstić information content (AvgIpc) is 2.19. The second kappa shape index (κ2) is 4.63. The van der Waals surface area contributed by atoms with Crippen LogP contribution in [0.15, 0.2) is 18.5 Å². The van der Waals surface area contributed by atoms with Gasteiger partial charge in [-0.05, 0) is 0 Å². The Morgan fingerprint density at radius 1 is 1.31 bits per heavy atom. The maximum absolute atomic E-state index is 8.41. The molecule has 0 amide bonds. The summed E-state index contributed by atoms with van der Waals surface area (Å²) in [5, 5.41) is 16.7. The minimum atomic E-state index is 0.150. The van der Waals surface area contributed by atoms with Crippen molar-refractivity contribution >= 4 is 6.08 Å². The lowest BCUT2D eigenvalue weighted by Crippen LogP contribution is -1.87. The predicted octanol–water partition coefficient (Wildman–Crippen LogP) is 1.28. The molecule has 0 bridgehead atoms. The first-order valence-corrected chi connectivity index (χ1v) is 3.62. The first-order chi connectivity index (χ1) is 6.36. The predicted molar refractivity (Wildman–Crippen MR) is 46.0 cm³/mol. The highest BCUT2D eigenvalue weighted by Crippen LogP contribution is 1.98. The van der Waals surface area contributed by atoms with Gasteiger partial charge in [-0.3, -0.25) is 0 Å². The molecule has 0 unspecified atom stereocenters. The quantitative estimate of drug-likeness (QED) is 0.670.